The molecule has 4 rings (SSSR count). The Bertz CT molecular complexity index is 1030. The van der Waals surface area contributed by atoms with Crippen molar-refractivity contribution in [1.82, 2.24) is 24.6 Å². The fraction of sp³-hybridized carbons (Fsp3) is 0.176. The maximum absolute atomic E-state index is 5.36. The lowest BCUT2D eigenvalue weighted by molar-refractivity contribution is 0.355. The van der Waals surface area contributed by atoms with Gasteiger partial charge in [0.1, 0.15) is 5.01 Å². The van der Waals surface area contributed by atoms with Crippen LogP contribution in [-0.2, 0) is 0 Å². The van der Waals surface area contributed by atoms with Gasteiger partial charge in [0.25, 0.3) is 0 Å². The van der Waals surface area contributed by atoms with E-state index >= 15 is 0 Å². The van der Waals surface area contributed by atoms with Gasteiger partial charge >= 0.3 is 0 Å². The molecule has 9 heteroatoms. The number of hydrogen-bond donors (Lipinski definition) is 0. The van der Waals surface area contributed by atoms with Crippen molar-refractivity contribution in [2.45, 2.75) is 5.16 Å². The van der Waals surface area contributed by atoms with Crippen molar-refractivity contribution >= 4 is 28.1 Å². The second-order valence-electron chi connectivity index (χ2n) is 5.29. The minimum atomic E-state index is 0.671. The molecule has 0 bridgehead atoms. The average molecular weight is 385 g/mol. The molecule has 3 aromatic heterocycles. The highest BCUT2D eigenvalue weighted by atomic mass is 32.2. The lowest BCUT2D eigenvalue weighted by Gasteiger charge is -2.07. The summed E-state index contributed by atoms with van der Waals surface area (Å²) in [5.41, 5.74) is 2.62. The summed E-state index contributed by atoms with van der Waals surface area (Å²) >= 11 is 3.01. The van der Waals surface area contributed by atoms with Gasteiger partial charge in [0.05, 0.1) is 26.1 Å². The molecule has 0 amide bonds. The van der Waals surface area contributed by atoms with Crippen LogP contribution < -0.4 is 9.47 Å². The van der Waals surface area contributed by atoms with Crippen molar-refractivity contribution < 1.29 is 9.47 Å². The van der Waals surface area contributed by atoms with Gasteiger partial charge in [-0.15, -0.1) is 0 Å². The summed E-state index contributed by atoms with van der Waals surface area (Å²) in [5.74, 6) is 1.36. The van der Waals surface area contributed by atoms with Crippen molar-refractivity contribution in [3.63, 3.8) is 0 Å². The summed E-state index contributed by atoms with van der Waals surface area (Å²) in [6, 6.07) is 5.73. The quantitative estimate of drug-likeness (QED) is 0.383. The number of methoxy groups -OCH3 is 2. The van der Waals surface area contributed by atoms with Gasteiger partial charge in [-0.1, -0.05) is 23.1 Å². The van der Waals surface area contributed by atoms with Gasteiger partial charge in [-0.05, 0) is 24.5 Å². The number of ether oxygens (including phenoxy) is 2. The number of aromatic nitrogens is 5. The largest absolute Gasteiger partial charge is 0.493 e. The van der Waals surface area contributed by atoms with Gasteiger partial charge in [-0.3, -0.25) is 0 Å². The molecule has 0 spiro atoms. The van der Waals surface area contributed by atoms with Crippen LogP contribution in [0.1, 0.15) is 0 Å². The molecule has 132 valence electrons. The van der Waals surface area contributed by atoms with E-state index in [1.165, 1.54) is 23.1 Å². The van der Waals surface area contributed by atoms with E-state index in [4.69, 9.17) is 9.47 Å². The summed E-state index contributed by atoms with van der Waals surface area (Å²) in [6.07, 6.45) is 7.38. The summed E-state index contributed by atoms with van der Waals surface area (Å²) in [7, 11) is 3.24. The number of imidazole rings is 1. The van der Waals surface area contributed by atoms with E-state index in [1.807, 2.05) is 30.7 Å². The summed E-state index contributed by atoms with van der Waals surface area (Å²) in [4.78, 5) is 14.0. The van der Waals surface area contributed by atoms with Gasteiger partial charge in [0, 0.05) is 23.5 Å². The molecular weight excluding hydrogens is 370 g/mol. The fourth-order valence-electron chi connectivity index (χ4n) is 2.48. The number of hydrogen-bond acceptors (Lipinski definition) is 8. The van der Waals surface area contributed by atoms with E-state index in [1.54, 1.807) is 31.1 Å². The highest BCUT2D eigenvalue weighted by Crippen LogP contribution is 2.34. The predicted molar refractivity (Wildman–Crippen MR) is 102 cm³/mol. The van der Waals surface area contributed by atoms with Crippen molar-refractivity contribution in [3.05, 3.63) is 36.8 Å². The molecule has 0 N–H and O–H groups in total. The van der Waals surface area contributed by atoms with E-state index < -0.39 is 0 Å². The Labute approximate surface area is 158 Å². The molecular formula is C17H15N5O2S2. The lowest BCUT2D eigenvalue weighted by Crippen LogP contribution is -1.91. The first-order valence-corrected chi connectivity index (χ1v) is 9.71. The topological polar surface area (TPSA) is 74.4 Å². The zero-order chi connectivity index (χ0) is 18.1. The van der Waals surface area contributed by atoms with Crippen LogP contribution in [0.25, 0.3) is 26.8 Å². The van der Waals surface area contributed by atoms with Crippen molar-refractivity contribution in [1.29, 1.82) is 0 Å². The normalized spacial score (nSPS) is 11.0. The molecule has 4 aromatic rings. The molecule has 0 atom stereocenters. The molecule has 0 aliphatic heterocycles. The van der Waals surface area contributed by atoms with Crippen LogP contribution in [0.2, 0.25) is 0 Å². The first-order chi connectivity index (χ1) is 12.7. The van der Waals surface area contributed by atoms with Gasteiger partial charge in [0.15, 0.2) is 16.7 Å². The van der Waals surface area contributed by atoms with Crippen molar-refractivity contribution in [2.75, 3.05) is 20.5 Å². The number of fused-ring (bicyclic) bond motifs is 1. The monoisotopic (exact) mass is 385 g/mol. The second-order valence-corrected chi connectivity index (χ2v) is 7.02. The minimum Gasteiger partial charge on any atom is -0.493 e. The van der Waals surface area contributed by atoms with Crippen LogP contribution in [0.3, 0.4) is 0 Å². The second kappa shape index (κ2) is 6.93. The van der Waals surface area contributed by atoms with Gasteiger partial charge < -0.3 is 9.47 Å². The van der Waals surface area contributed by atoms with Crippen molar-refractivity contribution in [2.24, 2.45) is 0 Å². The third-order valence-corrected chi connectivity index (χ3v) is 5.33. The van der Waals surface area contributed by atoms with Crippen LogP contribution in [0.5, 0.6) is 11.5 Å². The number of rotatable bonds is 5. The third-order valence-electron chi connectivity index (χ3n) is 3.78. The number of benzene rings is 1. The van der Waals surface area contributed by atoms with Gasteiger partial charge in [-0.25, -0.2) is 19.5 Å². The molecule has 26 heavy (non-hydrogen) atoms. The first-order valence-electron chi connectivity index (χ1n) is 7.67. The van der Waals surface area contributed by atoms with E-state index in [2.05, 4.69) is 20.1 Å². The molecule has 7 nitrogen and oxygen atoms in total. The predicted octanol–water partition coefficient (Wildman–Crippen LogP) is 3.65. The standard InChI is InChI=1S/C17H15N5O2S2/c1-23-13-5-4-10(6-14(13)24-2)15-21-22-9-12(20-17(22)26-15)11-7-18-16(25-3)19-8-11/h4-9H,1-3H3. The molecule has 0 unspecified atom stereocenters. The smallest absolute Gasteiger partial charge is 0.213 e. The lowest BCUT2D eigenvalue weighted by atomic mass is 10.2. The Morgan fingerprint density at radius 3 is 2.46 bits per heavy atom. The third kappa shape index (κ3) is 2.99. The molecule has 0 saturated carbocycles. The Morgan fingerprint density at radius 1 is 1.04 bits per heavy atom. The van der Waals surface area contributed by atoms with Crippen molar-refractivity contribution in [3.8, 4) is 33.3 Å². The van der Waals surface area contributed by atoms with Gasteiger partial charge in [0.2, 0.25) is 4.96 Å². The maximum atomic E-state index is 5.36. The highest BCUT2D eigenvalue weighted by Gasteiger charge is 2.13. The minimum absolute atomic E-state index is 0.671. The van der Waals surface area contributed by atoms with Crippen LogP contribution in [0.15, 0.2) is 41.9 Å². The summed E-state index contributed by atoms with van der Waals surface area (Å²) in [6.45, 7) is 0. The first kappa shape index (κ1) is 16.8. The molecule has 0 radical (unpaired) electrons. The highest BCUT2D eigenvalue weighted by molar-refractivity contribution is 7.98. The summed E-state index contributed by atoms with van der Waals surface area (Å²) in [5, 5.41) is 6.22. The molecule has 1 aromatic carbocycles. The Kier molecular flexibility index (Phi) is 4.48. The molecule has 0 aliphatic carbocycles. The Morgan fingerprint density at radius 2 is 1.81 bits per heavy atom. The SMILES string of the molecule is COc1ccc(-c2nn3cc(-c4cnc(SC)nc4)nc3s2)cc1OC. The maximum Gasteiger partial charge on any atom is 0.213 e. The van der Waals surface area contributed by atoms with Crippen LogP contribution in [0, 0.1) is 0 Å². The fourth-order valence-corrected chi connectivity index (χ4v) is 3.67. The van der Waals surface area contributed by atoms with Crippen LogP contribution in [-0.4, -0.2) is 45.0 Å². The molecule has 3 heterocycles. The molecule has 0 aliphatic rings. The Balaban J connectivity index is 1.68. The summed E-state index contributed by atoms with van der Waals surface area (Å²) < 4.78 is 12.4. The van der Waals surface area contributed by atoms with E-state index in [-0.39, 0.29) is 0 Å². The van der Waals surface area contributed by atoms with E-state index in [0.717, 1.165) is 31.9 Å². The van der Waals surface area contributed by atoms with Gasteiger partial charge in [-0.2, -0.15) is 5.10 Å². The number of nitrogens with zero attached hydrogens (tertiary/aromatic N) is 5. The zero-order valence-corrected chi connectivity index (χ0v) is 16.0. The van der Waals surface area contributed by atoms with E-state index in [9.17, 15) is 0 Å². The van der Waals surface area contributed by atoms with Crippen LogP contribution in [0.4, 0.5) is 0 Å². The molecule has 0 saturated heterocycles. The number of thioether (sulfide) groups is 1. The molecule has 0 fully saturated rings. The average Bonchev–Trinajstić information content (AvgIpc) is 3.26. The Hall–Kier alpha value is -2.65. The van der Waals surface area contributed by atoms with E-state index in [0.29, 0.717) is 11.5 Å². The zero-order valence-electron chi connectivity index (χ0n) is 14.3. The van der Waals surface area contributed by atoms with Crippen LogP contribution >= 0.6 is 23.1 Å².